The topological polar surface area (TPSA) is 107 Å². The van der Waals surface area contributed by atoms with E-state index >= 15 is 0 Å². The average molecular weight is 370 g/mol. The highest BCUT2D eigenvalue weighted by atomic mass is 16.5. The summed E-state index contributed by atoms with van der Waals surface area (Å²) in [4.78, 5) is 30.6. The zero-order valence-corrected chi connectivity index (χ0v) is 15.3. The van der Waals surface area contributed by atoms with Crippen molar-refractivity contribution in [3.05, 3.63) is 36.4 Å². The lowest BCUT2D eigenvalue weighted by molar-refractivity contribution is -0.128. The second kappa shape index (κ2) is 7.94. The van der Waals surface area contributed by atoms with Gasteiger partial charge < -0.3 is 20.5 Å². The Bertz CT molecular complexity index is 838. The third-order valence-corrected chi connectivity index (χ3v) is 4.05. The molecule has 3 N–H and O–H groups in total. The summed E-state index contributed by atoms with van der Waals surface area (Å²) in [5.41, 5.74) is 6.34. The highest BCUT2D eigenvalue weighted by Gasteiger charge is 2.35. The maximum Gasteiger partial charge on any atom is 0.269 e. The minimum absolute atomic E-state index is 0.185. The van der Waals surface area contributed by atoms with Gasteiger partial charge in [-0.1, -0.05) is 6.92 Å². The first kappa shape index (κ1) is 18.5. The van der Waals surface area contributed by atoms with Gasteiger partial charge in [-0.3, -0.25) is 14.5 Å². The Morgan fingerprint density at radius 2 is 2.00 bits per heavy atom. The molecule has 0 spiro atoms. The zero-order valence-electron chi connectivity index (χ0n) is 15.3. The van der Waals surface area contributed by atoms with Gasteiger partial charge in [0.05, 0.1) is 6.61 Å². The second-order valence-corrected chi connectivity index (χ2v) is 6.00. The number of carbonyl (C=O) groups excluding carboxylic acids is 2. The van der Waals surface area contributed by atoms with Gasteiger partial charge in [-0.05, 0) is 49.7 Å². The van der Waals surface area contributed by atoms with Crippen molar-refractivity contribution in [3.63, 3.8) is 0 Å². The highest BCUT2D eigenvalue weighted by Crippen LogP contribution is 2.33. The molecule has 3 rings (SSSR count). The molecule has 1 aromatic heterocycles. The van der Waals surface area contributed by atoms with Crippen LogP contribution in [0.25, 0.3) is 0 Å². The highest BCUT2D eigenvalue weighted by molar-refractivity contribution is 6.05. The summed E-state index contributed by atoms with van der Waals surface area (Å²) in [5, 5.41) is 2.77. The minimum atomic E-state index is -0.652. The summed E-state index contributed by atoms with van der Waals surface area (Å²) in [7, 11) is 0. The maximum atomic E-state index is 12.7. The van der Waals surface area contributed by atoms with Gasteiger partial charge in [0.25, 0.3) is 5.91 Å². The fourth-order valence-corrected chi connectivity index (χ4v) is 2.77. The predicted molar refractivity (Wildman–Crippen MR) is 102 cm³/mol. The van der Waals surface area contributed by atoms with Crippen molar-refractivity contribution in [1.29, 1.82) is 0 Å². The fraction of sp³-hybridized carbons (Fsp3) is 0.316. The third-order valence-electron chi connectivity index (χ3n) is 4.05. The van der Waals surface area contributed by atoms with Gasteiger partial charge >= 0.3 is 0 Å². The molecule has 1 atom stereocenters. The number of pyridine rings is 1. The number of benzene rings is 1. The van der Waals surface area contributed by atoms with Crippen LogP contribution in [0, 0.1) is 0 Å². The van der Waals surface area contributed by atoms with Crippen LogP contribution >= 0.6 is 0 Å². The number of aromatic nitrogens is 1. The number of hydrogen-bond donors (Lipinski definition) is 2. The summed E-state index contributed by atoms with van der Waals surface area (Å²) in [6.45, 7) is 4.13. The molecule has 0 fully saturated rings. The second-order valence-electron chi connectivity index (χ2n) is 6.00. The van der Waals surface area contributed by atoms with Gasteiger partial charge in [0.15, 0.2) is 17.7 Å². The number of anilines is 3. The summed E-state index contributed by atoms with van der Waals surface area (Å²) in [5.74, 6) is 0.996. The van der Waals surface area contributed by atoms with Gasteiger partial charge in [-0.2, -0.15) is 0 Å². The Morgan fingerprint density at radius 3 is 2.67 bits per heavy atom. The van der Waals surface area contributed by atoms with Crippen molar-refractivity contribution in [3.8, 4) is 11.5 Å². The molecule has 0 saturated heterocycles. The monoisotopic (exact) mass is 370 g/mol. The van der Waals surface area contributed by atoms with Gasteiger partial charge in [0, 0.05) is 5.69 Å². The van der Waals surface area contributed by atoms with Crippen LogP contribution in [0.3, 0.4) is 0 Å². The van der Waals surface area contributed by atoms with Crippen LogP contribution in [0.2, 0.25) is 0 Å². The lowest BCUT2D eigenvalue weighted by Crippen LogP contribution is -2.49. The molecule has 8 nitrogen and oxygen atoms in total. The van der Waals surface area contributed by atoms with Crippen molar-refractivity contribution in [2.24, 2.45) is 0 Å². The van der Waals surface area contributed by atoms with Gasteiger partial charge in [-0.25, -0.2) is 4.98 Å². The van der Waals surface area contributed by atoms with E-state index in [1.807, 2.05) is 13.8 Å². The van der Waals surface area contributed by atoms with Crippen molar-refractivity contribution in [1.82, 2.24) is 4.98 Å². The molecule has 1 aliphatic heterocycles. The molecule has 0 bridgehead atoms. The van der Waals surface area contributed by atoms with Gasteiger partial charge in [0.2, 0.25) is 5.91 Å². The molecule has 27 heavy (non-hydrogen) atoms. The van der Waals surface area contributed by atoms with E-state index in [1.165, 1.54) is 4.90 Å². The van der Waals surface area contributed by atoms with Crippen LogP contribution in [0.4, 0.5) is 17.3 Å². The molecule has 2 amide bonds. The number of ether oxygens (including phenoxy) is 2. The van der Waals surface area contributed by atoms with E-state index in [4.69, 9.17) is 15.2 Å². The Hall–Kier alpha value is -3.29. The van der Waals surface area contributed by atoms with Crippen molar-refractivity contribution in [2.45, 2.75) is 26.4 Å². The number of nitrogens with two attached hydrogens (primary N) is 1. The Balaban J connectivity index is 1.76. The standard InChI is InChI=1S/C19H22N4O4/c1-3-14-19(25)23(18-15(27-14)9-10-16(20)22-18)11-17(24)21-12-5-7-13(8-6-12)26-4-2/h5-10,14H,3-4,11H2,1-2H3,(H2,20,22)(H,21,24). The molecule has 1 aliphatic rings. The van der Waals surface area contributed by atoms with Crippen LogP contribution in [0.1, 0.15) is 20.3 Å². The smallest absolute Gasteiger partial charge is 0.269 e. The Labute approximate surface area is 157 Å². The SMILES string of the molecule is CCOc1ccc(NC(=O)CN2C(=O)C(CC)Oc3ccc(N)nc32)cc1. The van der Waals surface area contributed by atoms with Crippen LogP contribution in [-0.4, -0.2) is 36.1 Å². The van der Waals surface area contributed by atoms with E-state index in [0.29, 0.717) is 24.5 Å². The van der Waals surface area contributed by atoms with Crippen LogP contribution in [0.5, 0.6) is 11.5 Å². The summed E-state index contributed by atoms with van der Waals surface area (Å²) < 4.78 is 11.0. The Morgan fingerprint density at radius 1 is 1.26 bits per heavy atom. The minimum Gasteiger partial charge on any atom is -0.494 e. The quantitative estimate of drug-likeness (QED) is 0.807. The number of rotatable bonds is 6. The van der Waals surface area contributed by atoms with Gasteiger partial charge in [0.1, 0.15) is 18.1 Å². The molecule has 1 unspecified atom stereocenters. The van der Waals surface area contributed by atoms with Crippen molar-refractivity contribution >= 4 is 29.1 Å². The van der Waals surface area contributed by atoms with Crippen LogP contribution in [0.15, 0.2) is 36.4 Å². The largest absolute Gasteiger partial charge is 0.494 e. The average Bonchev–Trinajstić information content (AvgIpc) is 2.66. The van der Waals surface area contributed by atoms with Crippen LogP contribution in [-0.2, 0) is 9.59 Å². The lowest BCUT2D eigenvalue weighted by atomic mass is 10.2. The van der Waals surface area contributed by atoms with E-state index in [0.717, 1.165) is 5.75 Å². The first-order valence-electron chi connectivity index (χ1n) is 8.79. The van der Waals surface area contributed by atoms with E-state index in [1.54, 1.807) is 36.4 Å². The molecule has 0 saturated carbocycles. The molecule has 8 heteroatoms. The molecule has 0 radical (unpaired) electrons. The summed E-state index contributed by atoms with van der Waals surface area (Å²) >= 11 is 0. The first-order valence-corrected chi connectivity index (χ1v) is 8.79. The van der Waals surface area contributed by atoms with E-state index in [-0.39, 0.29) is 30.0 Å². The van der Waals surface area contributed by atoms with Crippen molar-refractivity contribution in [2.75, 3.05) is 29.1 Å². The number of amides is 2. The molecule has 1 aromatic carbocycles. The third kappa shape index (κ3) is 4.11. The molecule has 2 aromatic rings. The summed E-state index contributed by atoms with van der Waals surface area (Å²) in [6.07, 6.45) is -0.166. The van der Waals surface area contributed by atoms with Gasteiger partial charge in [-0.15, -0.1) is 0 Å². The van der Waals surface area contributed by atoms with Crippen LogP contribution < -0.4 is 25.4 Å². The molecular formula is C19H22N4O4. The Kier molecular flexibility index (Phi) is 5.44. The number of nitrogens with one attached hydrogen (secondary N) is 1. The molecular weight excluding hydrogens is 348 g/mol. The number of fused-ring (bicyclic) bond motifs is 1. The first-order chi connectivity index (χ1) is 13.0. The lowest BCUT2D eigenvalue weighted by Gasteiger charge is -2.32. The fourth-order valence-electron chi connectivity index (χ4n) is 2.77. The predicted octanol–water partition coefficient (Wildman–Crippen LogP) is 2.21. The molecule has 0 aliphatic carbocycles. The van der Waals surface area contributed by atoms with E-state index in [2.05, 4.69) is 10.3 Å². The number of hydrogen-bond acceptors (Lipinski definition) is 6. The normalized spacial score (nSPS) is 15.7. The number of carbonyl (C=O) groups is 2. The zero-order chi connectivity index (χ0) is 19.4. The molecule has 2 heterocycles. The number of nitrogens with zero attached hydrogens (tertiary/aromatic N) is 2. The molecule has 142 valence electrons. The van der Waals surface area contributed by atoms with Crippen molar-refractivity contribution < 1.29 is 19.1 Å². The van der Waals surface area contributed by atoms with E-state index in [9.17, 15) is 9.59 Å². The summed E-state index contributed by atoms with van der Waals surface area (Å²) in [6, 6.07) is 10.3. The maximum absolute atomic E-state index is 12.7. The number of nitrogen functional groups attached to an aromatic ring is 1. The van der Waals surface area contributed by atoms with E-state index < -0.39 is 6.10 Å².